The van der Waals surface area contributed by atoms with Gasteiger partial charge in [0.2, 0.25) is 0 Å². The van der Waals surface area contributed by atoms with Gasteiger partial charge in [-0.3, -0.25) is 0 Å². The van der Waals surface area contributed by atoms with E-state index in [2.05, 4.69) is 10.3 Å². The zero-order valence-electron chi connectivity index (χ0n) is 8.61. The maximum Gasteiger partial charge on any atom is 0.434 e. The predicted molar refractivity (Wildman–Crippen MR) is 53.9 cm³/mol. The Morgan fingerprint density at radius 1 is 1.40 bits per heavy atom. The van der Waals surface area contributed by atoms with Crippen molar-refractivity contribution in [2.45, 2.75) is 32.5 Å². The molecule has 0 saturated heterocycles. The van der Waals surface area contributed by atoms with Crippen LogP contribution in [0.2, 0.25) is 0 Å². The summed E-state index contributed by atoms with van der Waals surface area (Å²) in [5.41, 5.74) is -0.731. The number of aryl methyl sites for hydroxylation is 1. The van der Waals surface area contributed by atoms with E-state index in [0.29, 0.717) is 11.4 Å². The summed E-state index contributed by atoms with van der Waals surface area (Å²) >= 11 is 1.14. The number of thiazole rings is 1. The molecule has 0 fully saturated rings. The zero-order chi connectivity index (χ0) is 11.5. The summed E-state index contributed by atoms with van der Waals surface area (Å²) in [5.74, 6) is 0. The first-order chi connectivity index (χ1) is 6.99. The third-order valence-corrected chi connectivity index (χ3v) is 2.93. The molecule has 0 amide bonds. The molecule has 0 spiro atoms. The highest BCUT2D eigenvalue weighted by Gasteiger charge is 2.36. The first-order valence-corrected chi connectivity index (χ1v) is 5.51. The molecule has 86 valence electrons. The van der Waals surface area contributed by atoms with Gasteiger partial charge < -0.3 is 5.32 Å². The molecule has 6 heteroatoms. The van der Waals surface area contributed by atoms with Crippen molar-refractivity contribution in [2.75, 3.05) is 7.05 Å². The van der Waals surface area contributed by atoms with Crippen LogP contribution in [0.4, 0.5) is 13.2 Å². The van der Waals surface area contributed by atoms with Crippen LogP contribution in [0.3, 0.4) is 0 Å². The molecule has 1 aromatic rings. The summed E-state index contributed by atoms with van der Waals surface area (Å²) in [6.45, 7) is 2.14. The van der Waals surface area contributed by atoms with Gasteiger partial charge in [0.15, 0.2) is 5.69 Å². The number of nitrogens with one attached hydrogen (secondary N) is 1. The fraction of sp³-hybridized carbons (Fsp3) is 0.667. The lowest BCUT2D eigenvalue weighted by atomic mass is 10.3. The van der Waals surface area contributed by atoms with Crippen LogP contribution in [-0.2, 0) is 19.1 Å². The molecule has 1 N–H and O–H groups in total. The van der Waals surface area contributed by atoms with E-state index in [1.807, 2.05) is 6.92 Å². The average molecular weight is 238 g/mol. The number of hydrogen-bond acceptors (Lipinski definition) is 3. The van der Waals surface area contributed by atoms with Crippen molar-refractivity contribution < 1.29 is 13.2 Å². The molecule has 0 atom stereocenters. The second kappa shape index (κ2) is 4.94. The molecule has 1 heterocycles. The Morgan fingerprint density at radius 3 is 2.53 bits per heavy atom. The Hall–Kier alpha value is -0.620. The standard InChI is InChI=1S/C9H13F3N2S/c1-3-4-7-14-8(9(10,11)12)6(15-7)5-13-2/h13H,3-5H2,1-2H3. The Bertz CT molecular complexity index is 320. The van der Waals surface area contributed by atoms with E-state index in [0.717, 1.165) is 17.8 Å². The second-order valence-corrected chi connectivity index (χ2v) is 4.33. The maximum absolute atomic E-state index is 12.5. The van der Waals surface area contributed by atoms with Gasteiger partial charge in [-0.05, 0) is 19.9 Å². The largest absolute Gasteiger partial charge is 0.434 e. The van der Waals surface area contributed by atoms with E-state index in [1.165, 1.54) is 0 Å². The molecule has 1 rings (SSSR count). The summed E-state index contributed by atoms with van der Waals surface area (Å²) in [7, 11) is 1.62. The fourth-order valence-corrected chi connectivity index (χ4v) is 2.43. The van der Waals surface area contributed by atoms with E-state index >= 15 is 0 Å². The monoisotopic (exact) mass is 238 g/mol. The molecular formula is C9H13F3N2S. The van der Waals surface area contributed by atoms with Gasteiger partial charge in [-0.15, -0.1) is 11.3 Å². The van der Waals surface area contributed by atoms with Gasteiger partial charge in [-0.2, -0.15) is 13.2 Å². The first-order valence-electron chi connectivity index (χ1n) is 4.69. The van der Waals surface area contributed by atoms with E-state index in [9.17, 15) is 13.2 Å². The molecule has 0 unspecified atom stereocenters. The van der Waals surface area contributed by atoms with Crippen molar-refractivity contribution in [3.8, 4) is 0 Å². The summed E-state index contributed by atoms with van der Waals surface area (Å²) < 4.78 is 37.6. The van der Waals surface area contributed by atoms with Crippen LogP contribution in [0.1, 0.15) is 28.9 Å². The van der Waals surface area contributed by atoms with Crippen LogP contribution in [0.15, 0.2) is 0 Å². The molecule has 15 heavy (non-hydrogen) atoms. The second-order valence-electron chi connectivity index (χ2n) is 3.16. The number of halogens is 3. The van der Waals surface area contributed by atoms with Crippen molar-refractivity contribution in [1.82, 2.24) is 10.3 Å². The van der Waals surface area contributed by atoms with Gasteiger partial charge in [0, 0.05) is 6.54 Å². The third kappa shape index (κ3) is 3.17. The predicted octanol–water partition coefficient (Wildman–Crippen LogP) is 2.83. The molecule has 0 bridgehead atoms. The van der Waals surface area contributed by atoms with Crippen molar-refractivity contribution in [3.63, 3.8) is 0 Å². The van der Waals surface area contributed by atoms with E-state index in [-0.39, 0.29) is 11.4 Å². The Balaban J connectivity index is 3.00. The number of nitrogens with zero attached hydrogens (tertiary/aromatic N) is 1. The molecule has 2 nitrogen and oxygen atoms in total. The van der Waals surface area contributed by atoms with Gasteiger partial charge in [0.05, 0.1) is 9.88 Å². The SMILES string of the molecule is CCCc1nc(C(F)(F)F)c(CNC)s1. The van der Waals surface area contributed by atoms with Crippen LogP contribution in [0, 0.1) is 0 Å². The van der Waals surface area contributed by atoms with Crippen molar-refractivity contribution in [3.05, 3.63) is 15.6 Å². The van der Waals surface area contributed by atoms with Crippen LogP contribution in [0.25, 0.3) is 0 Å². The molecule has 0 aliphatic carbocycles. The normalized spacial score (nSPS) is 12.1. The minimum atomic E-state index is -4.34. The molecule has 0 aliphatic rings. The molecular weight excluding hydrogens is 225 g/mol. The Morgan fingerprint density at radius 2 is 2.07 bits per heavy atom. The van der Waals surface area contributed by atoms with Crippen LogP contribution < -0.4 is 5.32 Å². The maximum atomic E-state index is 12.5. The van der Waals surface area contributed by atoms with Crippen molar-refractivity contribution in [2.24, 2.45) is 0 Å². The highest BCUT2D eigenvalue weighted by atomic mass is 32.1. The first kappa shape index (κ1) is 12.4. The Labute approximate surface area is 90.5 Å². The fourth-order valence-electron chi connectivity index (χ4n) is 1.22. The highest BCUT2D eigenvalue weighted by Crippen LogP contribution is 2.34. The van der Waals surface area contributed by atoms with Gasteiger partial charge in [-0.1, -0.05) is 6.92 Å². The van der Waals surface area contributed by atoms with Crippen LogP contribution >= 0.6 is 11.3 Å². The van der Waals surface area contributed by atoms with Crippen LogP contribution in [-0.4, -0.2) is 12.0 Å². The van der Waals surface area contributed by atoms with E-state index < -0.39 is 11.9 Å². The lowest BCUT2D eigenvalue weighted by Crippen LogP contribution is -2.12. The van der Waals surface area contributed by atoms with Gasteiger partial charge in [0.1, 0.15) is 0 Å². The lowest BCUT2D eigenvalue weighted by Gasteiger charge is -2.04. The zero-order valence-corrected chi connectivity index (χ0v) is 9.43. The topological polar surface area (TPSA) is 24.9 Å². The summed E-state index contributed by atoms with van der Waals surface area (Å²) in [6, 6.07) is 0. The number of hydrogen-bond donors (Lipinski definition) is 1. The summed E-state index contributed by atoms with van der Waals surface area (Å²) in [4.78, 5) is 3.92. The van der Waals surface area contributed by atoms with Gasteiger partial charge in [-0.25, -0.2) is 4.98 Å². The Kier molecular flexibility index (Phi) is 4.10. The minimum Gasteiger partial charge on any atom is -0.315 e. The number of rotatable bonds is 4. The van der Waals surface area contributed by atoms with E-state index in [1.54, 1.807) is 7.05 Å². The number of alkyl halides is 3. The van der Waals surface area contributed by atoms with Crippen molar-refractivity contribution >= 4 is 11.3 Å². The third-order valence-electron chi connectivity index (χ3n) is 1.81. The molecule has 0 saturated carbocycles. The quantitative estimate of drug-likeness (QED) is 0.872. The van der Waals surface area contributed by atoms with E-state index in [4.69, 9.17) is 0 Å². The summed E-state index contributed by atoms with van der Waals surface area (Å²) in [5, 5.41) is 3.29. The van der Waals surface area contributed by atoms with Gasteiger partial charge >= 0.3 is 6.18 Å². The molecule has 0 aliphatic heterocycles. The van der Waals surface area contributed by atoms with Gasteiger partial charge in [0.25, 0.3) is 0 Å². The van der Waals surface area contributed by atoms with Crippen LogP contribution in [0.5, 0.6) is 0 Å². The molecule has 0 radical (unpaired) electrons. The average Bonchev–Trinajstić information content (AvgIpc) is 2.49. The highest BCUT2D eigenvalue weighted by molar-refractivity contribution is 7.11. The number of aromatic nitrogens is 1. The minimum absolute atomic E-state index is 0.218. The molecule has 0 aromatic carbocycles. The molecule has 1 aromatic heterocycles. The van der Waals surface area contributed by atoms with Crippen molar-refractivity contribution in [1.29, 1.82) is 0 Å². The lowest BCUT2D eigenvalue weighted by molar-refractivity contribution is -0.141. The summed E-state index contributed by atoms with van der Waals surface area (Å²) in [6.07, 6.45) is -2.92. The smallest absolute Gasteiger partial charge is 0.315 e.